The Labute approximate surface area is 106 Å². The highest BCUT2D eigenvalue weighted by atomic mass is 32.1. The molecule has 3 heterocycles. The maximum atomic E-state index is 4.32. The Bertz CT molecular complexity index is 494. The van der Waals surface area contributed by atoms with E-state index in [-0.39, 0.29) is 0 Å². The molecular formula is C13H17N3S. The lowest BCUT2D eigenvalue weighted by Crippen LogP contribution is -2.11. The van der Waals surface area contributed by atoms with E-state index in [1.165, 1.54) is 22.6 Å². The first kappa shape index (κ1) is 11.0. The summed E-state index contributed by atoms with van der Waals surface area (Å²) < 4.78 is 2.30. The fraction of sp³-hybridized carbons (Fsp3) is 0.462. The number of thiophene rings is 1. The Hall–Kier alpha value is -1.13. The van der Waals surface area contributed by atoms with Gasteiger partial charge in [0, 0.05) is 29.2 Å². The van der Waals surface area contributed by atoms with Gasteiger partial charge in [-0.05, 0) is 36.9 Å². The number of rotatable bonds is 3. The van der Waals surface area contributed by atoms with Crippen LogP contribution in [0.2, 0.25) is 0 Å². The summed E-state index contributed by atoms with van der Waals surface area (Å²) >= 11 is 1.83. The second-order valence-corrected chi connectivity index (χ2v) is 5.66. The zero-order chi connectivity index (χ0) is 11.7. The molecule has 0 radical (unpaired) electrons. The highest BCUT2D eigenvalue weighted by molar-refractivity contribution is 7.10. The van der Waals surface area contributed by atoms with Crippen molar-refractivity contribution in [3.8, 4) is 0 Å². The van der Waals surface area contributed by atoms with Gasteiger partial charge >= 0.3 is 0 Å². The molecular weight excluding hydrogens is 230 g/mol. The highest BCUT2D eigenvalue weighted by Gasteiger charge is 2.20. The molecule has 3 nitrogen and oxygen atoms in total. The van der Waals surface area contributed by atoms with Gasteiger partial charge in [-0.3, -0.25) is 0 Å². The van der Waals surface area contributed by atoms with Gasteiger partial charge in [-0.1, -0.05) is 0 Å². The quantitative estimate of drug-likeness (QED) is 0.902. The summed E-state index contributed by atoms with van der Waals surface area (Å²) in [6.07, 6.45) is 5.22. The van der Waals surface area contributed by atoms with Crippen LogP contribution in [0, 0.1) is 6.92 Å². The Morgan fingerprint density at radius 1 is 1.59 bits per heavy atom. The summed E-state index contributed by atoms with van der Waals surface area (Å²) in [6, 6.07) is 2.19. The number of hydrogen-bond acceptors (Lipinski definition) is 3. The number of imidazole rings is 1. The minimum absolute atomic E-state index is 0.637. The van der Waals surface area contributed by atoms with E-state index in [1.54, 1.807) is 0 Å². The molecule has 1 N–H and O–H groups in total. The summed E-state index contributed by atoms with van der Waals surface area (Å²) in [5.41, 5.74) is 2.77. The van der Waals surface area contributed by atoms with E-state index in [2.05, 4.69) is 33.2 Å². The van der Waals surface area contributed by atoms with Gasteiger partial charge in [0.25, 0.3) is 0 Å². The van der Waals surface area contributed by atoms with Gasteiger partial charge in [0.05, 0.1) is 12.9 Å². The zero-order valence-electron chi connectivity index (χ0n) is 10.0. The van der Waals surface area contributed by atoms with Crippen LogP contribution in [0.5, 0.6) is 0 Å². The van der Waals surface area contributed by atoms with Crippen molar-refractivity contribution in [1.82, 2.24) is 14.9 Å². The second kappa shape index (κ2) is 4.63. The lowest BCUT2D eigenvalue weighted by molar-refractivity contribution is 0.657. The fourth-order valence-corrected chi connectivity index (χ4v) is 3.33. The minimum Gasteiger partial charge on any atom is -0.329 e. The molecule has 4 heteroatoms. The average molecular weight is 247 g/mol. The van der Waals surface area contributed by atoms with Crippen LogP contribution in [-0.2, 0) is 6.54 Å². The van der Waals surface area contributed by atoms with Crippen molar-refractivity contribution in [2.24, 2.45) is 0 Å². The van der Waals surface area contributed by atoms with E-state index in [4.69, 9.17) is 0 Å². The first-order valence-corrected chi connectivity index (χ1v) is 6.96. The van der Waals surface area contributed by atoms with Crippen LogP contribution in [0.4, 0.5) is 0 Å². The van der Waals surface area contributed by atoms with Crippen LogP contribution >= 0.6 is 11.3 Å². The van der Waals surface area contributed by atoms with Crippen molar-refractivity contribution in [2.75, 3.05) is 13.1 Å². The molecule has 1 aliphatic rings. The molecule has 2 aromatic rings. The van der Waals surface area contributed by atoms with Crippen LogP contribution < -0.4 is 5.32 Å². The van der Waals surface area contributed by atoms with Crippen LogP contribution in [0.15, 0.2) is 24.0 Å². The molecule has 17 heavy (non-hydrogen) atoms. The smallest absolute Gasteiger partial charge is 0.0951 e. The molecule has 90 valence electrons. The van der Waals surface area contributed by atoms with E-state index >= 15 is 0 Å². The third-order valence-electron chi connectivity index (χ3n) is 3.51. The lowest BCUT2D eigenvalue weighted by atomic mass is 10.1. The zero-order valence-corrected chi connectivity index (χ0v) is 10.8. The van der Waals surface area contributed by atoms with Gasteiger partial charge in [-0.2, -0.15) is 0 Å². The number of aryl methyl sites for hydroxylation is 1. The van der Waals surface area contributed by atoms with E-state index in [0.29, 0.717) is 5.92 Å². The van der Waals surface area contributed by atoms with Crippen molar-refractivity contribution < 1.29 is 0 Å². The average Bonchev–Trinajstić information content (AvgIpc) is 3.02. The maximum absolute atomic E-state index is 4.32. The number of aromatic nitrogens is 2. The summed E-state index contributed by atoms with van der Waals surface area (Å²) in [4.78, 5) is 5.76. The molecule has 1 aliphatic heterocycles. The third-order valence-corrected chi connectivity index (χ3v) is 4.51. The fourth-order valence-electron chi connectivity index (χ4n) is 2.43. The molecule has 1 unspecified atom stereocenters. The Balaban J connectivity index is 1.84. The predicted molar refractivity (Wildman–Crippen MR) is 70.6 cm³/mol. The minimum atomic E-state index is 0.637. The maximum Gasteiger partial charge on any atom is 0.0951 e. The van der Waals surface area contributed by atoms with Gasteiger partial charge in [-0.25, -0.2) is 4.98 Å². The van der Waals surface area contributed by atoms with Crippen LogP contribution in [0.3, 0.4) is 0 Å². The van der Waals surface area contributed by atoms with Crippen molar-refractivity contribution in [2.45, 2.75) is 25.8 Å². The summed E-state index contributed by atoms with van der Waals surface area (Å²) in [7, 11) is 0. The van der Waals surface area contributed by atoms with Gasteiger partial charge in [0.2, 0.25) is 0 Å². The normalized spacial score (nSPS) is 19.9. The molecule has 3 rings (SSSR count). The first-order valence-electron chi connectivity index (χ1n) is 6.08. The third kappa shape index (κ3) is 2.15. The largest absolute Gasteiger partial charge is 0.329 e. The summed E-state index contributed by atoms with van der Waals surface area (Å²) in [6.45, 7) is 5.37. The van der Waals surface area contributed by atoms with Crippen molar-refractivity contribution in [3.63, 3.8) is 0 Å². The van der Waals surface area contributed by atoms with Crippen LogP contribution in [-0.4, -0.2) is 22.6 Å². The molecule has 0 bridgehead atoms. The van der Waals surface area contributed by atoms with Gasteiger partial charge in [-0.15, -0.1) is 11.3 Å². The Morgan fingerprint density at radius 3 is 3.24 bits per heavy atom. The standard InChI is InChI=1S/C13H17N3S/c1-10-3-5-17-13(10)8-16-9-15-7-12(16)11-2-4-14-6-11/h3,5,7,9,11,14H,2,4,6,8H2,1H3. The highest BCUT2D eigenvalue weighted by Crippen LogP contribution is 2.24. The van der Waals surface area contributed by atoms with E-state index in [0.717, 1.165) is 19.6 Å². The molecule has 2 aromatic heterocycles. The Morgan fingerprint density at radius 2 is 2.53 bits per heavy atom. The molecule has 1 saturated heterocycles. The molecule has 0 amide bonds. The molecule has 1 atom stereocenters. The number of hydrogen-bond donors (Lipinski definition) is 1. The number of nitrogens with zero attached hydrogens (tertiary/aromatic N) is 2. The second-order valence-electron chi connectivity index (χ2n) is 4.66. The summed E-state index contributed by atoms with van der Waals surface area (Å²) in [5, 5.41) is 5.58. The van der Waals surface area contributed by atoms with Gasteiger partial charge < -0.3 is 9.88 Å². The molecule has 0 saturated carbocycles. The monoisotopic (exact) mass is 247 g/mol. The summed E-state index contributed by atoms with van der Waals surface area (Å²) in [5.74, 6) is 0.637. The van der Waals surface area contributed by atoms with Crippen molar-refractivity contribution in [1.29, 1.82) is 0 Å². The topological polar surface area (TPSA) is 29.9 Å². The van der Waals surface area contributed by atoms with E-state index in [9.17, 15) is 0 Å². The molecule has 1 fully saturated rings. The molecule has 0 aliphatic carbocycles. The lowest BCUT2D eigenvalue weighted by Gasteiger charge is -2.12. The molecule has 0 aromatic carbocycles. The van der Waals surface area contributed by atoms with E-state index < -0.39 is 0 Å². The van der Waals surface area contributed by atoms with Crippen LogP contribution in [0.1, 0.15) is 28.5 Å². The van der Waals surface area contributed by atoms with Crippen molar-refractivity contribution >= 4 is 11.3 Å². The van der Waals surface area contributed by atoms with Gasteiger partial charge in [0.1, 0.15) is 0 Å². The van der Waals surface area contributed by atoms with Crippen LogP contribution in [0.25, 0.3) is 0 Å². The number of nitrogens with one attached hydrogen (secondary N) is 1. The SMILES string of the molecule is Cc1ccsc1Cn1cncc1C1CCNC1. The van der Waals surface area contributed by atoms with E-state index in [1.807, 2.05) is 23.9 Å². The first-order chi connectivity index (χ1) is 8.34. The van der Waals surface area contributed by atoms with Gasteiger partial charge in [0.15, 0.2) is 0 Å². The predicted octanol–water partition coefficient (Wildman–Crippen LogP) is 2.38. The molecule has 0 spiro atoms. The Kier molecular flexibility index (Phi) is 2.99. The van der Waals surface area contributed by atoms with Crippen molar-refractivity contribution in [3.05, 3.63) is 40.1 Å².